The maximum Gasteiger partial charge on any atom is 0.315 e. The van der Waals surface area contributed by atoms with Crippen molar-refractivity contribution >= 4 is 17.8 Å². The number of thioether (sulfide) groups is 1. The fraction of sp³-hybridized carbons (Fsp3) is 0.412. The SMILES string of the molecule is CSC1CCC(NC(=O)NCc2ncc(-c3ccccc3)o2)C1. The van der Waals surface area contributed by atoms with E-state index in [0.29, 0.717) is 16.9 Å². The van der Waals surface area contributed by atoms with E-state index in [9.17, 15) is 4.79 Å². The number of oxazole rings is 1. The molecule has 5 nitrogen and oxygen atoms in total. The predicted octanol–water partition coefficient (Wildman–Crippen LogP) is 3.42. The molecule has 1 saturated carbocycles. The molecular formula is C17H21N3O2S. The van der Waals surface area contributed by atoms with E-state index in [2.05, 4.69) is 21.9 Å². The second-order valence-corrected chi connectivity index (χ2v) is 6.82. The first-order chi connectivity index (χ1) is 11.2. The van der Waals surface area contributed by atoms with Crippen molar-refractivity contribution in [3.05, 3.63) is 42.4 Å². The van der Waals surface area contributed by atoms with Gasteiger partial charge in [0.25, 0.3) is 0 Å². The van der Waals surface area contributed by atoms with Crippen molar-refractivity contribution in [3.8, 4) is 11.3 Å². The first-order valence-corrected chi connectivity index (χ1v) is 9.10. The molecule has 2 aromatic rings. The van der Waals surface area contributed by atoms with Gasteiger partial charge in [-0.2, -0.15) is 11.8 Å². The molecule has 2 N–H and O–H groups in total. The van der Waals surface area contributed by atoms with Crippen LogP contribution < -0.4 is 10.6 Å². The molecule has 1 aliphatic rings. The van der Waals surface area contributed by atoms with E-state index in [0.717, 1.165) is 18.4 Å². The highest BCUT2D eigenvalue weighted by atomic mass is 32.2. The van der Waals surface area contributed by atoms with Crippen LogP contribution in [-0.4, -0.2) is 28.6 Å². The quantitative estimate of drug-likeness (QED) is 0.881. The molecule has 1 heterocycles. The van der Waals surface area contributed by atoms with Gasteiger partial charge >= 0.3 is 6.03 Å². The molecule has 0 spiro atoms. The summed E-state index contributed by atoms with van der Waals surface area (Å²) in [6.45, 7) is 0.289. The zero-order valence-corrected chi connectivity index (χ0v) is 13.9. The number of carbonyl (C=O) groups excluding carboxylic acids is 1. The molecule has 0 aliphatic heterocycles. The van der Waals surface area contributed by atoms with E-state index in [1.54, 1.807) is 6.20 Å². The van der Waals surface area contributed by atoms with Crippen LogP contribution >= 0.6 is 11.8 Å². The molecular weight excluding hydrogens is 310 g/mol. The second kappa shape index (κ2) is 7.55. The fourth-order valence-electron chi connectivity index (χ4n) is 2.81. The maximum absolute atomic E-state index is 11.9. The zero-order valence-electron chi connectivity index (χ0n) is 13.1. The van der Waals surface area contributed by atoms with Gasteiger partial charge in [-0.25, -0.2) is 9.78 Å². The monoisotopic (exact) mass is 331 g/mol. The normalized spacial score (nSPS) is 20.4. The molecule has 2 amide bonds. The summed E-state index contributed by atoms with van der Waals surface area (Å²) in [4.78, 5) is 16.2. The highest BCUT2D eigenvalue weighted by Gasteiger charge is 2.25. The molecule has 0 radical (unpaired) electrons. The van der Waals surface area contributed by atoms with Crippen molar-refractivity contribution in [2.24, 2.45) is 0 Å². The third kappa shape index (κ3) is 4.28. The summed E-state index contributed by atoms with van der Waals surface area (Å²) in [7, 11) is 0. The van der Waals surface area contributed by atoms with Gasteiger partial charge in [0.1, 0.15) is 0 Å². The summed E-state index contributed by atoms with van der Waals surface area (Å²) in [6, 6.07) is 9.91. The zero-order chi connectivity index (χ0) is 16.1. The van der Waals surface area contributed by atoms with E-state index in [4.69, 9.17) is 4.42 Å². The molecule has 122 valence electrons. The van der Waals surface area contributed by atoms with Gasteiger partial charge in [-0.1, -0.05) is 30.3 Å². The highest BCUT2D eigenvalue weighted by Crippen LogP contribution is 2.28. The molecule has 2 atom stereocenters. The molecule has 3 rings (SSSR count). The number of nitrogens with one attached hydrogen (secondary N) is 2. The van der Waals surface area contributed by atoms with E-state index >= 15 is 0 Å². The molecule has 23 heavy (non-hydrogen) atoms. The number of rotatable bonds is 5. The van der Waals surface area contributed by atoms with Gasteiger partial charge in [0, 0.05) is 16.9 Å². The minimum Gasteiger partial charge on any atom is -0.439 e. The van der Waals surface area contributed by atoms with Crippen LogP contribution in [0.2, 0.25) is 0 Å². The third-order valence-electron chi connectivity index (χ3n) is 4.07. The minimum absolute atomic E-state index is 0.156. The Bertz CT molecular complexity index is 644. The van der Waals surface area contributed by atoms with Crippen molar-refractivity contribution < 1.29 is 9.21 Å². The molecule has 0 bridgehead atoms. The Morgan fingerprint density at radius 2 is 2.17 bits per heavy atom. The Kier molecular flexibility index (Phi) is 5.23. The van der Waals surface area contributed by atoms with Crippen LogP contribution in [0, 0.1) is 0 Å². The lowest BCUT2D eigenvalue weighted by Gasteiger charge is -2.13. The number of carbonyl (C=O) groups is 1. The summed E-state index contributed by atoms with van der Waals surface area (Å²) in [6.07, 6.45) is 7.08. The van der Waals surface area contributed by atoms with E-state index in [1.807, 2.05) is 42.1 Å². The Labute approximate surface area is 140 Å². The number of hydrogen-bond acceptors (Lipinski definition) is 4. The van der Waals surface area contributed by atoms with Crippen LogP contribution in [0.25, 0.3) is 11.3 Å². The molecule has 1 aromatic carbocycles. The van der Waals surface area contributed by atoms with Crippen LogP contribution in [0.5, 0.6) is 0 Å². The van der Waals surface area contributed by atoms with Gasteiger partial charge in [0.2, 0.25) is 5.89 Å². The van der Waals surface area contributed by atoms with E-state index in [1.165, 1.54) is 6.42 Å². The van der Waals surface area contributed by atoms with Gasteiger partial charge in [-0.05, 0) is 25.5 Å². The third-order valence-corrected chi connectivity index (χ3v) is 5.16. The lowest BCUT2D eigenvalue weighted by Crippen LogP contribution is -2.40. The number of aromatic nitrogens is 1. The average Bonchev–Trinajstić information content (AvgIpc) is 3.23. The van der Waals surface area contributed by atoms with Gasteiger partial charge in [0.15, 0.2) is 5.76 Å². The van der Waals surface area contributed by atoms with Crippen molar-refractivity contribution in [3.63, 3.8) is 0 Å². The standard InChI is InChI=1S/C17H21N3O2S/c1-23-14-8-7-13(9-14)20-17(21)19-11-16-18-10-15(22-16)12-5-3-2-4-6-12/h2-6,10,13-14H,7-9,11H2,1H3,(H2,19,20,21). The van der Waals surface area contributed by atoms with Crippen LogP contribution in [0.15, 0.2) is 40.9 Å². The van der Waals surface area contributed by atoms with Crippen LogP contribution in [0.1, 0.15) is 25.2 Å². The Balaban J connectivity index is 1.47. The first-order valence-electron chi connectivity index (χ1n) is 7.82. The fourth-order valence-corrected chi connectivity index (χ4v) is 3.60. The van der Waals surface area contributed by atoms with E-state index in [-0.39, 0.29) is 18.6 Å². The second-order valence-electron chi connectivity index (χ2n) is 5.68. The molecule has 2 unspecified atom stereocenters. The Morgan fingerprint density at radius 3 is 2.91 bits per heavy atom. The lowest BCUT2D eigenvalue weighted by atomic mass is 10.2. The number of nitrogens with zero attached hydrogens (tertiary/aromatic N) is 1. The largest absolute Gasteiger partial charge is 0.439 e. The maximum atomic E-state index is 11.9. The van der Waals surface area contributed by atoms with Gasteiger partial charge in [-0.3, -0.25) is 0 Å². The summed E-state index contributed by atoms with van der Waals surface area (Å²) < 4.78 is 5.67. The number of hydrogen-bond donors (Lipinski definition) is 2. The topological polar surface area (TPSA) is 67.2 Å². The Morgan fingerprint density at radius 1 is 1.35 bits per heavy atom. The molecule has 1 fully saturated rings. The Hall–Kier alpha value is -1.95. The number of urea groups is 1. The van der Waals surface area contributed by atoms with E-state index < -0.39 is 0 Å². The van der Waals surface area contributed by atoms with Gasteiger partial charge < -0.3 is 15.1 Å². The predicted molar refractivity (Wildman–Crippen MR) is 92.3 cm³/mol. The summed E-state index contributed by atoms with van der Waals surface area (Å²) in [5, 5.41) is 6.50. The lowest BCUT2D eigenvalue weighted by molar-refractivity contribution is 0.235. The average molecular weight is 331 g/mol. The van der Waals surface area contributed by atoms with Crippen molar-refractivity contribution in [2.45, 2.75) is 37.1 Å². The molecule has 0 saturated heterocycles. The van der Waals surface area contributed by atoms with Crippen LogP contribution in [0.4, 0.5) is 4.79 Å². The number of benzene rings is 1. The summed E-state index contributed by atoms with van der Waals surface area (Å²) >= 11 is 1.88. The van der Waals surface area contributed by atoms with Crippen LogP contribution in [-0.2, 0) is 6.54 Å². The molecule has 1 aliphatic carbocycles. The van der Waals surface area contributed by atoms with Gasteiger partial charge in [-0.15, -0.1) is 0 Å². The number of amides is 2. The summed E-state index contributed by atoms with van der Waals surface area (Å²) in [5.41, 5.74) is 0.977. The summed E-state index contributed by atoms with van der Waals surface area (Å²) in [5.74, 6) is 1.22. The molecule has 1 aromatic heterocycles. The van der Waals surface area contributed by atoms with Gasteiger partial charge in [0.05, 0.1) is 12.7 Å². The van der Waals surface area contributed by atoms with Crippen LogP contribution in [0.3, 0.4) is 0 Å². The van der Waals surface area contributed by atoms with Crippen molar-refractivity contribution in [1.82, 2.24) is 15.6 Å². The minimum atomic E-state index is -0.156. The molecule has 6 heteroatoms. The smallest absolute Gasteiger partial charge is 0.315 e. The van der Waals surface area contributed by atoms with Crippen molar-refractivity contribution in [1.29, 1.82) is 0 Å². The van der Waals surface area contributed by atoms with Crippen molar-refractivity contribution in [2.75, 3.05) is 6.26 Å². The first kappa shape index (κ1) is 15.9. The highest BCUT2D eigenvalue weighted by molar-refractivity contribution is 7.99.